The minimum absolute atomic E-state index is 0.00493. The Morgan fingerprint density at radius 1 is 1.14 bits per heavy atom. The lowest BCUT2D eigenvalue weighted by atomic mass is 9.86. The lowest BCUT2D eigenvalue weighted by Crippen LogP contribution is -2.50. The van der Waals surface area contributed by atoms with Gasteiger partial charge in [0.25, 0.3) is 5.91 Å². The van der Waals surface area contributed by atoms with Gasteiger partial charge in [-0.15, -0.1) is 0 Å². The van der Waals surface area contributed by atoms with Gasteiger partial charge in [-0.1, -0.05) is 6.07 Å². The molecule has 3 aliphatic rings. The summed E-state index contributed by atoms with van der Waals surface area (Å²) in [5, 5.41) is 5.99. The molecule has 1 aromatic rings. The summed E-state index contributed by atoms with van der Waals surface area (Å²) in [6.45, 7) is 6.24. The monoisotopic (exact) mass is 384 g/mol. The number of hydrogen-bond donors (Lipinski definition) is 2. The van der Waals surface area contributed by atoms with Crippen LogP contribution in [0.15, 0.2) is 18.2 Å². The fourth-order valence-electron chi connectivity index (χ4n) is 4.50. The van der Waals surface area contributed by atoms with Gasteiger partial charge in [-0.05, 0) is 50.8 Å². The first-order chi connectivity index (χ1) is 13.3. The van der Waals surface area contributed by atoms with Gasteiger partial charge in [-0.25, -0.2) is 0 Å². The maximum Gasteiger partial charge on any atom is 0.251 e. The van der Waals surface area contributed by atoms with Crippen LogP contribution in [-0.2, 0) is 15.0 Å². The highest BCUT2D eigenvalue weighted by Crippen LogP contribution is 2.37. The molecular formula is C21H28N4O3. The van der Waals surface area contributed by atoms with Crippen molar-refractivity contribution in [1.29, 1.82) is 0 Å². The standard InChI is InChI=1S/C21H28N4O3/c1-21(2)15-5-4-13(12-16(15)23-20(21)28)18(26)22-14-6-10-25(11-7-14)17-8-9-24(3)19(17)27/h4-5,12,14,17H,6-11H2,1-3H3,(H,22,26)(H,23,28)/t17-/m0/s1. The van der Waals surface area contributed by atoms with E-state index in [1.165, 1.54) is 0 Å². The second-order valence-corrected chi connectivity index (χ2v) is 8.69. The first-order valence-corrected chi connectivity index (χ1v) is 10.0. The largest absolute Gasteiger partial charge is 0.349 e. The summed E-state index contributed by atoms with van der Waals surface area (Å²) in [5.74, 6) is 0.0574. The van der Waals surface area contributed by atoms with Crippen LogP contribution in [0.2, 0.25) is 0 Å². The van der Waals surface area contributed by atoms with Crippen molar-refractivity contribution in [3.8, 4) is 0 Å². The molecule has 0 saturated carbocycles. The van der Waals surface area contributed by atoms with Gasteiger partial charge in [-0.2, -0.15) is 0 Å². The van der Waals surface area contributed by atoms with E-state index < -0.39 is 5.41 Å². The quantitative estimate of drug-likeness (QED) is 0.824. The summed E-state index contributed by atoms with van der Waals surface area (Å²) in [6.07, 6.45) is 2.57. The first-order valence-electron chi connectivity index (χ1n) is 10.0. The number of amides is 3. The zero-order valence-corrected chi connectivity index (χ0v) is 16.7. The van der Waals surface area contributed by atoms with Crippen LogP contribution in [0.3, 0.4) is 0 Å². The van der Waals surface area contributed by atoms with Crippen molar-refractivity contribution in [2.24, 2.45) is 0 Å². The molecule has 0 radical (unpaired) electrons. The predicted molar refractivity (Wildman–Crippen MR) is 106 cm³/mol. The number of likely N-dealkylation sites (tertiary alicyclic amines) is 2. The predicted octanol–water partition coefficient (Wildman–Crippen LogP) is 1.34. The summed E-state index contributed by atoms with van der Waals surface area (Å²) >= 11 is 0. The number of anilines is 1. The number of piperidine rings is 1. The topological polar surface area (TPSA) is 81.8 Å². The third-order valence-electron chi connectivity index (χ3n) is 6.48. The van der Waals surface area contributed by atoms with Crippen molar-refractivity contribution < 1.29 is 14.4 Å². The Labute approximate surface area is 165 Å². The summed E-state index contributed by atoms with van der Waals surface area (Å²) < 4.78 is 0. The minimum atomic E-state index is -0.567. The van der Waals surface area contributed by atoms with Crippen LogP contribution in [0, 0.1) is 0 Å². The van der Waals surface area contributed by atoms with Gasteiger partial charge in [0.05, 0.1) is 11.5 Å². The highest BCUT2D eigenvalue weighted by molar-refractivity contribution is 6.07. The zero-order chi connectivity index (χ0) is 20.1. The van der Waals surface area contributed by atoms with Gasteiger partial charge in [0.1, 0.15) is 0 Å². The number of hydrogen-bond acceptors (Lipinski definition) is 4. The maximum atomic E-state index is 12.7. The van der Waals surface area contributed by atoms with Crippen molar-refractivity contribution >= 4 is 23.4 Å². The Bertz CT molecular complexity index is 827. The van der Waals surface area contributed by atoms with Crippen LogP contribution in [-0.4, -0.2) is 66.3 Å². The van der Waals surface area contributed by atoms with E-state index in [1.807, 2.05) is 27.0 Å². The molecule has 1 atom stereocenters. The second kappa shape index (κ2) is 6.88. The molecule has 4 rings (SSSR count). The molecule has 2 saturated heterocycles. The molecule has 3 amide bonds. The molecule has 3 heterocycles. The Morgan fingerprint density at radius 2 is 1.86 bits per heavy atom. The van der Waals surface area contributed by atoms with Crippen molar-refractivity contribution in [1.82, 2.24) is 15.1 Å². The van der Waals surface area contributed by atoms with E-state index in [9.17, 15) is 14.4 Å². The highest BCUT2D eigenvalue weighted by Gasteiger charge is 2.39. The Balaban J connectivity index is 1.35. The molecule has 1 aromatic carbocycles. The maximum absolute atomic E-state index is 12.7. The van der Waals surface area contributed by atoms with Gasteiger partial charge in [-0.3, -0.25) is 19.3 Å². The summed E-state index contributed by atoms with van der Waals surface area (Å²) in [7, 11) is 1.86. The van der Waals surface area contributed by atoms with Gasteiger partial charge >= 0.3 is 0 Å². The summed E-state index contributed by atoms with van der Waals surface area (Å²) in [5.41, 5.74) is 1.64. The molecule has 0 aliphatic carbocycles. The summed E-state index contributed by atoms with van der Waals surface area (Å²) in [6, 6.07) is 5.53. The smallest absolute Gasteiger partial charge is 0.251 e. The van der Waals surface area contributed by atoms with Crippen molar-refractivity contribution in [2.45, 2.75) is 50.6 Å². The molecule has 28 heavy (non-hydrogen) atoms. The molecule has 0 spiro atoms. The van der Waals surface area contributed by atoms with Gasteiger partial charge in [0, 0.05) is 44.0 Å². The average Bonchev–Trinajstić information content (AvgIpc) is 3.12. The Morgan fingerprint density at radius 3 is 2.50 bits per heavy atom. The van der Waals surface area contributed by atoms with E-state index in [0.717, 1.165) is 50.1 Å². The molecule has 150 valence electrons. The molecule has 0 aromatic heterocycles. The number of carbonyl (C=O) groups is 3. The van der Waals surface area contributed by atoms with Gasteiger partial charge < -0.3 is 15.5 Å². The van der Waals surface area contributed by atoms with Crippen LogP contribution >= 0.6 is 0 Å². The molecular weight excluding hydrogens is 356 g/mol. The number of fused-ring (bicyclic) bond motifs is 1. The number of nitrogens with one attached hydrogen (secondary N) is 2. The average molecular weight is 384 g/mol. The molecule has 2 fully saturated rings. The van der Waals surface area contributed by atoms with E-state index >= 15 is 0 Å². The molecule has 7 nitrogen and oxygen atoms in total. The normalized spacial score (nSPS) is 25.0. The molecule has 0 unspecified atom stereocenters. The fourth-order valence-corrected chi connectivity index (χ4v) is 4.50. The molecule has 7 heteroatoms. The van der Waals surface area contributed by atoms with Crippen molar-refractivity contribution in [3.05, 3.63) is 29.3 Å². The van der Waals surface area contributed by atoms with Crippen LogP contribution in [0.25, 0.3) is 0 Å². The lowest BCUT2D eigenvalue weighted by Gasteiger charge is -2.35. The summed E-state index contributed by atoms with van der Waals surface area (Å²) in [4.78, 5) is 41.0. The van der Waals surface area contributed by atoms with Crippen LogP contribution in [0.1, 0.15) is 49.0 Å². The molecule has 0 bridgehead atoms. The number of nitrogens with zero attached hydrogens (tertiary/aromatic N) is 2. The van der Waals surface area contributed by atoms with Gasteiger partial charge in [0.15, 0.2) is 0 Å². The lowest BCUT2D eigenvalue weighted by molar-refractivity contribution is -0.131. The molecule has 3 aliphatic heterocycles. The minimum Gasteiger partial charge on any atom is -0.349 e. The number of rotatable bonds is 3. The highest BCUT2D eigenvalue weighted by atomic mass is 16.2. The van der Waals surface area contributed by atoms with Crippen LogP contribution < -0.4 is 10.6 Å². The van der Waals surface area contributed by atoms with Crippen molar-refractivity contribution in [2.75, 3.05) is 32.0 Å². The fraction of sp³-hybridized carbons (Fsp3) is 0.571. The third-order valence-corrected chi connectivity index (χ3v) is 6.48. The van der Waals surface area contributed by atoms with Gasteiger partial charge in [0.2, 0.25) is 11.8 Å². The first kappa shape index (κ1) is 18.9. The van der Waals surface area contributed by atoms with E-state index in [4.69, 9.17) is 0 Å². The van der Waals surface area contributed by atoms with E-state index in [-0.39, 0.29) is 29.8 Å². The third kappa shape index (κ3) is 3.17. The SMILES string of the molecule is CN1CC[C@H](N2CCC(NC(=O)c3ccc4c(c3)NC(=O)C4(C)C)CC2)C1=O. The number of benzene rings is 1. The molecule has 2 N–H and O–H groups in total. The zero-order valence-electron chi connectivity index (χ0n) is 16.7. The number of carbonyl (C=O) groups excluding carboxylic acids is 3. The second-order valence-electron chi connectivity index (χ2n) is 8.69. The van der Waals surface area contributed by atoms with Crippen LogP contribution in [0.5, 0.6) is 0 Å². The van der Waals surface area contributed by atoms with E-state index in [1.54, 1.807) is 17.0 Å². The van der Waals surface area contributed by atoms with Crippen molar-refractivity contribution in [3.63, 3.8) is 0 Å². The number of likely N-dealkylation sites (N-methyl/N-ethyl adjacent to an activating group) is 1. The Kier molecular flexibility index (Phi) is 4.65. The Hall–Kier alpha value is -2.41. The van der Waals surface area contributed by atoms with E-state index in [2.05, 4.69) is 15.5 Å². The van der Waals surface area contributed by atoms with E-state index in [0.29, 0.717) is 5.56 Å². The van der Waals surface area contributed by atoms with Crippen LogP contribution in [0.4, 0.5) is 5.69 Å².